The molecule has 0 amide bonds. The lowest BCUT2D eigenvalue weighted by Crippen LogP contribution is -2.34. The van der Waals surface area contributed by atoms with Gasteiger partial charge >= 0.3 is 0 Å². The quantitative estimate of drug-likeness (QED) is 0.380. The molecule has 0 saturated heterocycles. The Morgan fingerprint density at radius 3 is 1.62 bits per heavy atom. The summed E-state index contributed by atoms with van der Waals surface area (Å²) in [4.78, 5) is 0. The first-order valence-corrected chi connectivity index (χ1v) is 10.5. The zero-order chi connectivity index (χ0) is 20.7. The Morgan fingerprint density at radius 2 is 1.10 bits per heavy atom. The second-order valence-electron chi connectivity index (χ2n) is 8.32. The van der Waals surface area contributed by atoms with E-state index in [1.165, 1.54) is 0 Å². The maximum Gasteiger partial charge on any atom is 0.147 e. The van der Waals surface area contributed by atoms with Gasteiger partial charge in [0.2, 0.25) is 0 Å². The zero-order valence-corrected chi connectivity index (χ0v) is 18.0. The molecular weight excluding hydrogens is 356 g/mol. The van der Waals surface area contributed by atoms with Gasteiger partial charge in [0.15, 0.2) is 0 Å². The first kappa shape index (κ1) is 21.1. The summed E-state index contributed by atoms with van der Waals surface area (Å²) in [6.07, 6.45) is 0. The van der Waals surface area contributed by atoms with Crippen molar-refractivity contribution in [2.75, 3.05) is 13.2 Å². The van der Waals surface area contributed by atoms with Gasteiger partial charge in [0.1, 0.15) is 11.4 Å². The SMILES string of the molecule is CC(C)COc1ccccc1C(OCC(C)C)(c1ccccc1)c1ccccc1. The molecule has 3 aromatic carbocycles. The molecular formula is C27H32O2. The summed E-state index contributed by atoms with van der Waals surface area (Å²) >= 11 is 0. The van der Waals surface area contributed by atoms with E-state index in [1.54, 1.807) is 0 Å². The van der Waals surface area contributed by atoms with E-state index in [1.807, 2.05) is 18.2 Å². The maximum absolute atomic E-state index is 6.82. The van der Waals surface area contributed by atoms with Crippen LogP contribution in [0.5, 0.6) is 5.75 Å². The van der Waals surface area contributed by atoms with Crippen molar-refractivity contribution in [1.82, 2.24) is 0 Å². The molecule has 0 atom stereocenters. The third-order valence-corrected chi connectivity index (χ3v) is 4.83. The van der Waals surface area contributed by atoms with Gasteiger partial charge in [-0.25, -0.2) is 0 Å². The minimum absolute atomic E-state index is 0.408. The van der Waals surface area contributed by atoms with Gasteiger partial charge in [-0.3, -0.25) is 0 Å². The average Bonchev–Trinajstić information content (AvgIpc) is 2.75. The Labute approximate surface area is 175 Å². The van der Waals surface area contributed by atoms with Gasteiger partial charge in [-0.15, -0.1) is 0 Å². The normalized spacial score (nSPS) is 11.8. The zero-order valence-electron chi connectivity index (χ0n) is 18.0. The van der Waals surface area contributed by atoms with E-state index >= 15 is 0 Å². The van der Waals surface area contributed by atoms with Crippen LogP contribution < -0.4 is 4.74 Å². The van der Waals surface area contributed by atoms with Gasteiger partial charge in [0.05, 0.1) is 13.2 Å². The summed E-state index contributed by atoms with van der Waals surface area (Å²) < 4.78 is 13.1. The van der Waals surface area contributed by atoms with Crippen LogP contribution in [0, 0.1) is 11.8 Å². The van der Waals surface area contributed by atoms with Crippen LogP contribution in [0.25, 0.3) is 0 Å². The number of hydrogen-bond donors (Lipinski definition) is 0. The molecule has 0 saturated carbocycles. The second-order valence-corrected chi connectivity index (χ2v) is 8.32. The van der Waals surface area contributed by atoms with Crippen molar-refractivity contribution in [2.45, 2.75) is 33.3 Å². The van der Waals surface area contributed by atoms with E-state index < -0.39 is 5.60 Å². The first-order valence-electron chi connectivity index (χ1n) is 10.5. The average molecular weight is 389 g/mol. The molecule has 0 radical (unpaired) electrons. The molecule has 152 valence electrons. The molecule has 0 N–H and O–H groups in total. The highest BCUT2D eigenvalue weighted by Gasteiger charge is 2.40. The Balaban J connectivity index is 2.25. The minimum Gasteiger partial charge on any atom is -0.493 e. The molecule has 0 fully saturated rings. The fraction of sp³-hybridized carbons (Fsp3) is 0.333. The Kier molecular flexibility index (Phi) is 7.11. The van der Waals surface area contributed by atoms with Gasteiger partial charge in [0, 0.05) is 5.56 Å². The highest BCUT2D eigenvalue weighted by molar-refractivity contribution is 5.52. The number of hydrogen-bond acceptors (Lipinski definition) is 2. The molecule has 2 heteroatoms. The van der Waals surface area contributed by atoms with Gasteiger partial charge in [-0.2, -0.15) is 0 Å². The first-order chi connectivity index (χ1) is 14.0. The lowest BCUT2D eigenvalue weighted by molar-refractivity contribution is -0.00419. The van der Waals surface area contributed by atoms with E-state index in [4.69, 9.17) is 9.47 Å². The summed E-state index contributed by atoms with van der Waals surface area (Å²) in [6.45, 7) is 10.0. The maximum atomic E-state index is 6.82. The number of ether oxygens (including phenoxy) is 2. The highest BCUT2D eigenvalue weighted by atomic mass is 16.5. The van der Waals surface area contributed by atoms with Crippen molar-refractivity contribution in [3.63, 3.8) is 0 Å². The lowest BCUT2D eigenvalue weighted by Gasteiger charge is -2.37. The summed E-state index contributed by atoms with van der Waals surface area (Å²) in [7, 11) is 0. The Morgan fingerprint density at radius 1 is 0.621 bits per heavy atom. The molecule has 0 aromatic heterocycles. The van der Waals surface area contributed by atoms with Crippen LogP contribution in [0.15, 0.2) is 84.9 Å². The summed E-state index contributed by atoms with van der Waals surface area (Å²) in [5.74, 6) is 1.73. The molecule has 29 heavy (non-hydrogen) atoms. The van der Waals surface area contributed by atoms with Gasteiger partial charge in [0.25, 0.3) is 0 Å². The molecule has 0 aliphatic heterocycles. The molecule has 0 heterocycles. The smallest absolute Gasteiger partial charge is 0.147 e. The summed E-state index contributed by atoms with van der Waals surface area (Å²) in [5.41, 5.74) is 2.51. The van der Waals surface area contributed by atoms with E-state index in [0.29, 0.717) is 25.0 Å². The van der Waals surface area contributed by atoms with Crippen LogP contribution in [-0.2, 0) is 10.3 Å². The standard InChI is InChI=1S/C27H32O2/c1-21(2)19-28-26-18-12-11-17-25(26)27(29-20-22(3)4,23-13-7-5-8-14-23)24-15-9-6-10-16-24/h5-18,21-22H,19-20H2,1-4H3. The molecule has 2 nitrogen and oxygen atoms in total. The van der Waals surface area contributed by atoms with Crippen LogP contribution in [0.3, 0.4) is 0 Å². The molecule has 0 aliphatic rings. The van der Waals surface area contributed by atoms with Crippen molar-refractivity contribution < 1.29 is 9.47 Å². The molecule has 0 aliphatic carbocycles. The van der Waals surface area contributed by atoms with Crippen molar-refractivity contribution >= 4 is 0 Å². The van der Waals surface area contributed by atoms with Crippen LogP contribution in [-0.4, -0.2) is 13.2 Å². The third kappa shape index (κ3) is 4.89. The van der Waals surface area contributed by atoms with E-state index in [9.17, 15) is 0 Å². The molecule has 3 rings (SSSR count). The summed E-state index contributed by atoms with van der Waals surface area (Å²) in [5, 5.41) is 0. The fourth-order valence-electron chi connectivity index (χ4n) is 3.50. The molecule has 0 spiro atoms. The second kappa shape index (κ2) is 9.76. The minimum atomic E-state index is -0.736. The Hall–Kier alpha value is -2.58. The molecule has 0 bridgehead atoms. The summed E-state index contributed by atoms with van der Waals surface area (Å²) in [6, 6.07) is 29.2. The number of rotatable bonds is 9. The van der Waals surface area contributed by atoms with Crippen molar-refractivity contribution in [2.24, 2.45) is 11.8 Å². The van der Waals surface area contributed by atoms with Crippen LogP contribution in [0.2, 0.25) is 0 Å². The van der Waals surface area contributed by atoms with E-state index in [0.717, 1.165) is 22.4 Å². The number of benzene rings is 3. The van der Waals surface area contributed by atoms with Crippen LogP contribution in [0.4, 0.5) is 0 Å². The van der Waals surface area contributed by atoms with E-state index in [2.05, 4.69) is 94.4 Å². The van der Waals surface area contributed by atoms with Gasteiger partial charge in [-0.1, -0.05) is 107 Å². The number of para-hydroxylation sites is 1. The van der Waals surface area contributed by atoms with Crippen LogP contribution >= 0.6 is 0 Å². The monoisotopic (exact) mass is 388 g/mol. The van der Waals surface area contributed by atoms with Gasteiger partial charge in [-0.05, 0) is 29.0 Å². The van der Waals surface area contributed by atoms with Crippen molar-refractivity contribution in [3.05, 3.63) is 102 Å². The third-order valence-electron chi connectivity index (χ3n) is 4.83. The van der Waals surface area contributed by atoms with Gasteiger partial charge < -0.3 is 9.47 Å². The van der Waals surface area contributed by atoms with Crippen molar-refractivity contribution in [1.29, 1.82) is 0 Å². The fourth-order valence-corrected chi connectivity index (χ4v) is 3.50. The largest absolute Gasteiger partial charge is 0.493 e. The predicted octanol–water partition coefficient (Wildman–Crippen LogP) is 6.69. The predicted molar refractivity (Wildman–Crippen MR) is 120 cm³/mol. The topological polar surface area (TPSA) is 18.5 Å². The molecule has 0 unspecified atom stereocenters. The highest BCUT2D eigenvalue weighted by Crippen LogP contribution is 2.44. The van der Waals surface area contributed by atoms with Crippen LogP contribution in [0.1, 0.15) is 44.4 Å². The lowest BCUT2D eigenvalue weighted by atomic mass is 9.79. The van der Waals surface area contributed by atoms with Crippen molar-refractivity contribution in [3.8, 4) is 5.75 Å². The molecule has 3 aromatic rings. The van der Waals surface area contributed by atoms with E-state index in [-0.39, 0.29) is 0 Å². The Bertz CT molecular complexity index is 830.